The number of piperidine rings is 1. The van der Waals surface area contributed by atoms with Crippen LogP contribution in [0.15, 0.2) is 18.3 Å². The Bertz CT molecular complexity index is 851. The first kappa shape index (κ1) is 21.4. The van der Waals surface area contributed by atoms with Crippen LogP contribution in [0.1, 0.15) is 64.1 Å². The van der Waals surface area contributed by atoms with Gasteiger partial charge in [-0.05, 0) is 73.7 Å². The van der Waals surface area contributed by atoms with Crippen molar-refractivity contribution in [2.75, 3.05) is 19.6 Å². The van der Waals surface area contributed by atoms with Crippen molar-refractivity contribution >= 4 is 0 Å². The molecule has 2 aromatic rings. The van der Waals surface area contributed by atoms with Gasteiger partial charge in [0.25, 0.3) is 0 Å². The SMILES string of the molecule is Cc1cnn(C)c1-c1ccc(C2C(N)CC23CCN(CC(C)C(C)(C)C)CC3)nn1. The van der Waals surface area contributed by atoms with Crippen LogP contribution in [-0.2, 0) is 7.05 Å². The van der Waals surface area contributed by atoms with Gasteiger partial charge < -0.3 is 10.6 Å². The molecule has 0 bridgehead atoms. The van der Waals surface area contributed by atoms with E-state index in [0.717, 1.165) is 29.1 Å². The Balaban J connectivity index is 1.45. The summed E-state index contributed by atoms with van der Waals surface area (Å²) in [5, 5.41) is 13.5. The Morgan fingerprint density at radius 2 is 1.90 bits per heavy atom. The van der Waals surface area contributed by atoms with Gasteiger partial charge in [-0.2, -0.15) is 10.2 Å². The van der Waals surface area contributed by atoms with Crippen molar-refractivity contribution in [1.82, 2.24) is 24.9 Å². The van der Waals surface area contributed by atoms with E-state index in [2.05, 4.69) is 66.9 Å². The number of aromatic nitrogens is 4. The van der Waals surface area contributed by atoms with Crippen molar-refractivity contribution < 1.29 is 0 Å². The van der Waals surface area contributed by atoms with Gasteiger partial charge in [0.1, 0.15) is 5.69 Å². The fourth-order valence-electron chi connectivity index (χ4n) is 5.45. The quantitative estimate of drug-likeness (QED) is 0.831. The van der Waals surface area contributed by atoms with E-state index in [1.54, 1.807) is 0 Å². The lowest BCUT2D eigenvalue weighted by atomic mass is 9.52. The molecular formula is C24H38N6. The molecule has 1 saturated carbocycles. The Labute approximate surface area is 181 Å². The van der Waals surface area contributed by atoms with Crippen molar-refractivity contribution in [3.63, 3.8) is 0 Å². The van der Waals surface area contributed by atoms with Crippen molar-refractivity contribution in [2.45, 2.75) is 65.8 Å². The zero-order valence-corrected chi connectivity index (χ0v) is 19.5. The van der Waals surface area contributed by atoms with Crippen molar-refractivity contribution in [2.24, 2.45) is 29.5 Å². The molecule has 4 rings (SSSR count). The van der Waals surface area contributed by atoms with Crippen LogP contribution in [0.3, 0.4) is 0 Å². The summed E-state index contributed by atoms with van der Waals surface area (Å²) < 4.78 is 1.86. The first-order valence-electron chi connectivity index (χ1n) is 11.4. The van der Waals surface area contributed by atoms with Gasteiger partial charge in [0.2, 0.25) is 0 Å². The van der Waals surface area contributed by atoms with Crippen LogP contribution in [0, 0.1) is 23.7 Å². The summed E-state index contributed by atoms with van der Waals surface area (Å²) in [6.07, 6.45) is 5.42. The highest BCUT2D eigenvalue weighted by Gasteiger charge is 2.54. The average Bonchev–Trinajstić information content (AvgIpc) is 3.01. The van der Waals surface area contributed by atoms with E-state index < -0.39 is 0 Å². The van der Waals surface area contributed by atoms with Crippen LogP contribution in [0.2, 0.25) is 0 Å². The Kier molecular flexibility index (Phi) is 5.52. The number of rotatable bonds is 4. The lowest BCUT2D eigenvalue weighted by Crippen LogP contribution is -2.58. The number of hydrogen-bond acceptors (Lipinski definition) is 5. The van der Waals surface area contributed by atoms with Gasteiger partial charge in [0, 0.05) is 25.6 Å². The zero-order chi connectivity index (χ0) is 21.7. The smallest absolute Gasteiger partial charge is 0.111 e. The molecular weight excluding hydrogens is 372 g/mol. The van der Waals surface area contributed by atoms with Gasteiger partial charge >= 0.3 is 0 Å². The lowest BCUT2D eigenvalue weighted by Gasteiger charge is -2.57. The van der Waals surface area contributed by atoms with Crippen LogP contribution in [-0.4, -0.2) is 50.6 Å². The standard InChI is InChI=1S/C24H38N6/c1-16-14-26-29(6)22(16)20-8-7-19(27-28-20)21-18(25)13-24(21)9-11-30(12-10-24)15-17(2)23(3,4)5/h7-8,14,17-18,21H,9-13,15,25H2,1-6H3. The minimum atomic E-state index is 0.198. The predicted molar refractivity (Wildman–Crippen MR) is 121 cm³/mol. The molecule has 2 fully saturated rings. The van der Waals surface area contributed by atoms with Crippen LogP contribution < -0.4 is 5.73 Å². The lowest BCUT2D eigenvalue weighted by molar-refractivity contribution is -0.0191. The summed E-state index contributed by atoms with van der Waals surface area (Å²) >= 11 is 0. The Morgan fingerprint density at radius 3 is 2.40 bits per heavy atom. The van der Waals surface area contributed by atoms with Gasteiger partial charge in [-0.3, -0.25) is 4.68 Å². The number of nitrogens with two attached hydrogens (primary N) is 1. The minimum absolute atomic E-state index is 0.198. The first-order valence-corrected chi connectivity index (χ1v) is 11.4. The average molecular weight is 411 g/mol. The van der Waals surface area contributed by atoms with E-state index in [1.165, 1.54) is 32.5 Å². The van der Waals surface area contributed by atoms with Crippen LogP contribution in [0.5, 0.6) is 0 Å². The molecule has 1 saturated heterocycles. The molecule has 3 heterocycles. The van der Waals surface area contributed by atoms with Gasteiger partial charge in [-0.1, -0.05) is 27.7 Å². The van der Waals surface area contributed by atoms with Crippen LogP contribution in [0.25, 0.3) is 11.4 Å². The molecule has 164 valence electrons. The molecule has 2 aliphatic rings. The number of likely N-dealkylation sites (tertiary alicyclic amines) is 1. The first-order chi connectivity index (χ1) is 14.1. The van der Waals surface area contributed by atoms with E-state index in [-0.39, 0.29) is 6.04 Å². The molecule has 1 spiro atoms. The number of nitrogens with zero attached hydrogens (tertiary/aromatic N) is 5. The van der Waals surface area contributed by atoms with Gasteiger partial charge in [0.05, 0.1) is 17.6 Å². The van der Waals surface area contributed by atoms with Gasteiger partial charge in [0.15, 0.2) is 0 Å². The van der Waals surface area contributed by atoms with Crippen LogP contribution >= 0.6 is 0 Å². The third-order valence-electron chi connectivity index (χ3n) is 7.96. The molecule has 3 atom stereocenters. The van der Waals surface area contributed by atoms with E-state index >= 15 is 0 Å². The summed E-state index contributed by atoms with van der Waals surface area (Å²) in [4.78, 5) is 2.65. The monoisotopic (exact) mass is 410 g/mol. The molecule has 2 aromatic heterocycles. The highest BCUT2D eigenvalue weighted by molar-refractivity contribution is 5.58. The molecule has 2 N–H and O–H groups in total. The summed E-state index contributed by atoms with van der Waals surface area (Å²) in [5.74, 6) is 1.02. The topological polar surface area (TPSA) is 72.9 Å². The largest absolute Gasteiger partial charge is 0.327 e. The summed E-state index contributed by atoms with van der Waals surface area (Å²) in [7, 11) is 1.95. The maximum atomic E-state index is 6.52. The number of aryl methyl sites for hydroxylation is 2. The van der Waals surface area contributed by atoms with Crippen molar-refractivity contribution in [1.29, 1.82) is 0 Å². The molecule has 1 aliphatic heterocycles. The maximum absolute atomic E-state index is 6.52. The molecule has 1 aliphatic carbocycles. The molecule has 0 amide bonds. The zero-order valence-electron chi connectivity index (χ0n) is 19.5. The second-order valence-corrected chi connectivity index (χ2v) is 10.9. The highest BCUT2D eigenvalue weighted by Crippen LogP contribution is 2.57. The van der Waals surface area contributed by atoms with E-state index in [9.17, 15) is 0 Å². The van der Waals surface area contributed by atoms with Crippen molar-refractivity contribution in [3.8, 4) is 11.4 Å². The third-order valence-corrected chi connectivity index (χ3v) is 7.96. The summed E-state index contributed by atoms with van der Waals surface area (Å²) in [6, 6.07) is 4.43. The van der Waals surface area contributed by atoms with E-state index in [0.29, 0.717) is 22.7 Å². The second-order valence-electron chi connectivity index (χ2n) is 10.9. The summed E-state index contributed by atoms with van der Waals surface area (Å²) in [5.41, 5.74) is 11.3. The van der Waals surface area contributed by atoms with E-state index in [1.807, 2.05) is 17.9 Å². The van der Waals surface area contributed by atoms with E-state index in [4.69, 9.17) is 5.73 Å². The second kappa shape index (κ2) is 7.72. The molecule has 30 heavy (non-hydrogen) atoms. The minimum Gasteiger partial charge on any atom is -0.327 e. The van der Waals surface area contributed by atoms with Gasteiger partial charge in [-0.25, -0.2) is 0 Å². The van der Waals surface area contributed by atoms with Crippen molar-refractivity contribution in [3.05, 3.63) is 29.6 Å². The normalized spacial score (nSPS) is 25.3. The third kappa shape index (κ3) is 3.80. The molecule has 6 heteroatoms. The molecule has 6 nitrogen and oxygen atoms in total. The molecule has 3 unspecified atom stereocenters. The Hall–Kier alpha value is -1.79. The molecule has 0 aromatic carbocycles. The van der Waals surface area contributed by atoms with Gasteiger partial charge in [-0.15, -0.1) is 5.10 Å². The fourth-order valence-corrected chi connectivity index (χ4v) is 5.45. The Morgan fingerprint density at radius 1 is 1.20 bits per heavy atom. The number of hydrogen-bond donors (Lipinski definition) is 1. The molecule has 0 radical (unpaired) electrons. The predicted octanol–water partition coefficient (Wildman–Crippen LogP) is 3.76. The highest BCUT2D eigenvalue weighted by atomic mass is 15.3. The van der Waals surface area contributed by atoms with Crippen LogP contribution in [0.4, 0.5) is 0 Å². The summed E-state index contributed by atoms with van der Waals surface area (Å²) in [6.45, 7) is 15.0. The maximum Gasteiger partial charge on any atom is 0.111 e. The fraction of sp³-hybridized carbons (Fsp3) is 0.708.